The Hall–Kier alpha value is -1.88. The Morgan fingerprint density at radius 2 is 1.11 bits per heavy atom. The minimum absolute atomic E-state index is 0. The van der Waals surface area contributed by atoms with Gasteiger partial charge in [0.2, 0.25) is 11.8 Å². The Morgan fingerprint density at radius 3 is 1.40 bits per heavy atom. The number of carbonyl (C=O) groups is 2. The van der Waals surface area contributed by atoms with Crippen molar-refractivity contribution in [3.8, 4) is 0 Å². The molecule has 0 saturated carbocycles. The minimum Gasteiger partial charge on any atom is -1.00 e. The van der Waals surface area contributed by atoms with Gasteiger partial charge in [0.05, 0.1) is 9.79 Å². The van der Waals surface area contributed by atoms with Gasteiger partial charge in [-0.2, -0.15) is 16.8 Å². The molecule has 2 amide bonds. The van der Waals surface area contributed by atoms with Crippen LogP contribution in [-0.2, 0) is 52.1 Å². The van der Waals surface area contributed by atoms with Gasteiger partial charge in [-0.15, -0.1) is 0 Å². The number of aryl methyl sites for hydroxylation is 2. The molecule has 2 aromatic rings. The number of nitrogens with one attached hydrogen (secondary N) is 2. The summed E-state index contributed by atoms with van der Waals surface area (Å²) in [7, 11) is -6.74. The number of benzene rings is 2. The van der Waals surface area contributed by atoms with Crippen molar-refractivity contribution in [3.63, 3.8) is 0 Å². The van der Waals surface area contributed by atoms with E-state index in [1.54, 1.807) is 0 Å². The molecule has 0 radical (unpaired) electrons. The molecular formula is C20H25N2NaO10S2. The van der Waals surface area contributed by atoms with Gasteiger partial charge in [-0.25, -0.2) is 0 Å². The van der Waals surface area contributed by atoms with Gasteiger partial charge in [0.15, 0.2) is 0 Å². The van der Waals surface area contributed by atoms with E-state index in [2.05, 4.69) is 20.1 Å². The Labute approximate surface area is 226 Å². The summed E-state index contributed by atoms with van der Waals surface area (Å²) in [5, 5.41) is 4.84. The quantitative estimate of drug-likeness (QED) is 0.188. The van der Waals surface area contributed by atoms with Crippen molar-refractivity contribution in [1.29, 1.82) is 0 Å². The van der Waals surface area contributed by atoms with E-state index in [-0.39, 0.29) is 79.5 Å². The van der Waals surface area contributed by atoms with E-state index in [1.165, 1.54) is 38.5 Å². The topological polar surface area (TPSA) is 185 Å². The molecule has 4 N–H and O–H groups in total. The molecular weight excluding hydrogens is 515 g/mol. The fourth-order valence-corrected chi connectivity index (χ4v) is 4.64. The number of anilines is 2. The van der Waals surface area contributed by atoms with Gasteiger partial charge in [-0.05, 0) is 48.2 Å². The molecule has 0 heterocycles. The first-order valence-corrected chi connectivity index (χ1v) is 12.5. The fourth-order valence-electron chi connectivity index (χ4n) is 3.08. The van der Waals surface area contributed by atoms with Crippen LogP contribution >= 0.6 is 0 Å². The summed E-state index contributed by atoms with van der Waals surface area (Å²) in [5.41, 5.74) is 0.499. The summed E-state index contributed by atoms with van der Waals surface area (Å²) in [5.74, 6) is -1.07. The van der Waals surface area contributed by atoms with Crippen LogP contribution in [-0.4, -0.2) is 65.2 Å². The summed E-state index contributed by atoms with van der Waals surface area (Å²) in [6.07, 6.45) is -0.0847. The van der Waals surface area contributed by atoms with Crippen LogP contribution < -0.4 is 40.2 Å². The van der Waals surface area contributed by atoms with Crippen molar-refractivity contribution in [2.45, 2.75) is 22.6 Å². The van der Waals surface area contributed by atoms with Crippen molar-refractivity contribution in [3.05, 3.63) is 47.5 Å². The van der Waals surface area contributed by atoms with Crippen LogP contribution in [0.1, 0.15) is 12.6 Å². The zero-order valence-corrected chi connectivity index (χ0v) is 22.9. The Kier molecular flexibility index (Phi) is 12.0. The van der Waals surface area contributed by atoms with E-state index >= 15 is 0 Å². The van der Waals surface area contributed by atoms with Gasteiger partial charge in [0.1, 0.15) is 13.2 Å². The standard InChI is InChI=1S/C20H24N2O10S2.Na.H/c1-31-11-19(23)21-15-7-5-13(17(9-15)33(25,26)27)3-4-14-6-8-16(22-20(24)12-32-2)10-18(14)34(28,29)30;;/h5-10H,3-4,11-12H2,1-2H3,(H,21,23)(H,22,24)(H,25,26,27)(H,28,29,30);;/q;+1;-1. The molecule has 2 rings (SSSR count). The number of ether oxygens (including phenoxy) is 2. The molecule has 12 nitrogen and oxygen atoms in total. The number of hydrogen-bond donors (Lipinski definition) is 4. The summed E-state index contributed by atoms with van der Waals surface area (Å²) in [4.78, 5) is 22.4. The predicted octanol–water partition coefficient (Wildman–Crippen LogP) is -1.75. The van der Waals surface area contributed by atoms with Crippen LogP contribution in [0.5, 0.6) is 0 Å². The van der Waals surface area contributed by atoms with Crippen LogP contribution in [0.4, 0.5) is 11.4 Å². The molecule has 0 aliphatic heterocycles. The number of rotatable bonds is 11. The third kappa shape index (κ3) is 9.59. The molecule has 0 saturated heterocycles. The van der Waals surface area contributed by atoms with Crippen molar-refractivity contribution in [2.24, 2.45) is 0 Å². The molecule has 0 spiro atoms. The summed E-state index contributed by atoms with van der Waals surface area (Å²) < 4.78 is 76.2. The first-order chi connectivity index (χ1) is 15.8. The largest absolute Gasteiger partial charge is 1.00 e. The molecule has 0 atom stereocenters. The number of methoxy groups -OCH3 is 2. The van der Waals surface area contributed by atoms with Crippen molar-refractivity contribution in [1.82, 2.24) is 0 Å². The third-order valence-corrected chi connectivity index (χ3v) is 6.34. The Bertz CT molecular complexity index is 1190. The van der Waals surface area contributed by atoms with Crippen LogP contribution in [0, 0.1) is 0 Å². The van der Waals surface area contributed by atoms with Gasteiger partial charge in [0, 0.05) is 25.6 Å². The van der Waals surface area contributed by atoms with Gasteiger partial charge < -0.3 is 21.5 Å². The normalized spacial score (nSPS) is 11.4. The predicted molar refractivity (Wildman–Crippen MR) is 122 cm³/mol. The van der Waals surface area contributed by atoms with Crippen molar-refractivity contribution >= 4 is 43.4 Å². The molecule has 0 fully saturated rings. The van der Waals surface area contributed by atoms with E-state index < -0.39 is 41.8 Å². The fraction of sp³-hybridized carbons (Fsp3) is 0.300. The van der Waals surface area contributed by atoms with Gasteiger partial charge >= 0.3 is 29.6 Å². The average molecular weight is 541 g/mol. The first-order valence-electron chi connectivity index (χ1n) is 9.63. The van der Waals surface area contributed by atoms with E-state index in [0.29, 0.717) is 0 Å². The van der Waals surface area contributed by atoms with Crippen LogP contribution in [0.15, 0.2) is 46.2 Å². The summed E-state index contributed by atoms with van der Waals surface area (Å²) >= 11 is 0. The second-order valence-corrected chi connectivity index (χ2v) is 9.84. The van der Waals surface area contributed by atoms with E-state index in [0.717, 1.165) is 12.1 Å². The monoisotopic (exact) mass is 540 g/mol. The van der Waals surface area contributed by atoms with E-state index in [9.17, 15) is 35.5 Å². The Balaban J connectivity index is 0.00000612. The van der Waals surface area contributed by atoms with Gasteiger partial charge in [0.25, 0.3) is 20.2 Å². The van der Waals surface area contributed by atoms with Gasteiger partial charge in [-0.1, -0.05) is 12.1 Å². The summed E-state index contributed by atoms with van der Waals surface area (Å²) in [6, 6.07) is 7.67. The molecule has 188 valence electrons. The second kappa shape index (κ2) is 13.4. The third-order valence-electron chi connectivity index (χ3n) is 4.47. The molecule has 0 aromatic heterocycles. The van der Waals surface area contributed by atoms with Gasteiger partial charge in [-0.3, -0.25) is 18.7 Å². The van der Waals surface area contributed by atoms with Crippen LogP contribution in [0.3, 0.4) is 0 Å². The summed E-state index contributed by atoms with van der Waals surface area (Å²) in [6.45, 7) is -0.521. The second-order valence-electron chi connectivity index (χ2n) is 7.06. The number of hydrogen-bond acceptors (Lipinski definition) is 8. The van der Waals surface area contributed by atoms with E-state index in [1.807, 2.05) is 0 Å². The Morgan fingerprint density at radius 1 is 0.771 bits per heavy atom. The molecule has 0 aliphatic rings. The minimum atomic E-state index is -4.68. The maximum Gasteiger partial charge on any atom is 1.00 e. The maximum absolute atomic E-state index is 11.9. The zero-order valence-electron chi connectivity index (χ0n) is 20.3. The first kappa shape index (κ1) is 31.2. The smallest absolute Gasteiger partial charge is 1.00 e. The molecule has 0 unspecified atom stereocenters. The number of amides is 2. The molecule has 0 aliphatic carbocycles. The van der Waals surface area contributed by atoms with Crippen molar-refractivity contribution < 1.29 is 76.0 Å². The van der Waals surface area contributed by atoms with Crippen LogP contribution in [0.25, 0.3) is 0 Å². The SMILES string of the molecule is COCC(=O)Nc1ccc(CCc2ccc(NC(=O)COC)cc2S(=O)(=O)O)c(S(=O)(=O)O)c1.[H-].[Na+]. The maximum atomic E-state index is 11.9. The molecule has 2 aromatic carbocycles. The van der Waals surface area contributed by atoms with Crippen molar-refractivity contribution in [2.75, 3.05) is 38.1 Å². The number of carbonyl (C=O) groups excluding carboxylic acids is 2. The molecule has 35 heavy (non-hydrogen) atoms. The van der Waals surface area contributed by atoms with Crippen LogP contribution in [0.2, 0.25) is 0 Å². The zero-order chi connectivity index (χ0) is 25.5. The molecule has 0 bridgehead atoms. The average Bonchev–Trinajstić information content (AvgIpc) is 2.72. The molecule has 15 heteroatoms. The van der Waals surface area contributed by atoms with E-state index in [4.69, 9.17) is 0 Å².